The van der Waals surface area contributed by atoms with Crippen molar-refractivity contribution in [3.63, 3.8) is 0 Å². The molecule has 2 heteroatoms. The van der Waals surface area contributed by atoms with Gasteiger partial charge in [0.25, 0.3) is 0 Å². The van der Waals surface area contributed by atoms with E-state index >= 15 is 0 Å². The Morgan fingerprint density at radius 3 is 1.73 bits per heavy atom. The van der Waals surface area contributed by atoms with Gasteiger partial charge in [-0.1, -0.05) is 152 Å². The lowest BCUT2D eigenvalue weighted by Gasteiger charge is -2.31. The van der Waals surface area contributed by atoms with Crippen molar-refractivity contribution in [3.05, 3.63) is 188 Å². The molecule has 0 amide bonds. The van der Waals surface area contributed by atoms with Crippen LogP contribution < -0.4 is 4.90 Å². The minimum absolute atomic E-state index is 0.864. The van der Waals surface area contributed by atoms with Crippen LogP contribution in [0.25, 0.3) is 66.1 Å². The van der Waals surface area contributed by atoms with Gasteiger partial charge >= 0.3 is 0 Å². The summed E-state index contributed by atoms with van der Waals surface area (Å²) in [6, 6.07) is 66.9. The zero-order valence-corrected chi connectivity index (χ0v) is 26.3. The van der Waals surface area contributed by atoms with Crippen LogP contribution in [0.3, 0.4) is 0 Å². The van der Waals surface area contributed by atoms with E-state index < -0.39 is 0 Å². The van der Waals surface area contributed by atoms with Crippen LogP contribution in [0.1, 0.15) is 0 Å². The van der Waals surface area contributed by atoms with Crippen LogP contribution in [0.2, 0.25) is 0 Å². The van der Waals surface area contributed by atoms with Crippen LogP contribution in [0.5, 0.6) is 0 Å². The first-order valence-corrected chi connectivity index (χ1v) is 16.4. The van der Waals surface area contributed by atoms with Gasteiger partial charge in [0.15, 0.2) is 0 Å². The van der Waals surface area contributed by atoms with Crippen molar-refractivity contribution in [3.8, 4) is 33.4 Å². The third kappa shape index (κ3) is 4.74. The minimum atomic E-state index is 0.864. The van der Waals surface area contributed by atoms with Crippen LogP contribution >= 0.6 is 0 Å². The molecule has 48 heavy (non-hydrogen) atoms. The van der Waals surface area contributed by atoms with Crippen molar-refractivity contribution in [2.24, 2.45) is 0 Å². The van der Waals surface area contributed by atoms with E-state index in [2.05, 4.69) is 193 Å². The predicted octanol–water partition coefficient (Wildman–Crippen LogP) is 13.2. The predicted molar refractivity (Wildman–Crippen MR) is 202 cm³/mol. The number of rotatable bonds is 6. The summed E-state index contributed by atoms with van der Waals surface area (Å²) in [5.41, 5.74) is 12.0. The van der Waals surface area contributed by atoms with Crippen molar-refractivity contribution < 1.29 is 4.42 Å². The van der Waals surface area contributed by atoms with Gasteiger partial charge in [0.2, 0.25) is 0 Å². The van der Waals surface area contributed by atoms with Gasteiger partial charge in [-0.25, -0.2) is 0 Å². The molecule has 0 atom stereocenters. The minimum Gasteiger partial charge on any atom is -0.455 e. The SMILES string of the molecule is c1ccc(-c2ccc(N(c3ccccc3-c3ccccc3)c3cccc4oc5c6ccccc6ccc5c34)c(-c3ccccc3)c2)cc1. The molecule has 0 saturated carbocycles. The highest BCUT2D eigenvalue weighted by Gasteiger charge is 2.25. The van der Waals surface area contributed by atoms with Gasteiger partial charge in [-0.05, 0) is 64.0 Å². The van der Waals surface area contributed by atoms with Crippen molar-refractivity contribution in [2.45, 2.75) is 0 Å². The van der Waals surface area contributed by atoms with E-state index in [4.69, 9.17) is 4.42 Å². The maximum absolute atomic E-state index is 6.71. The fourth-order valence-corrected chi connectivity index (χ4v) is 7.03. The highest BCUT2D eigenvalue weighted by atomic mass is 16.3. The molecule has 0 N–H and O–H groups in total. The number of hydrogen-bond donors (Lipinski definition) is 0. The number of benzene rings is 8. The number of anilines is 3. The molecular weight excluding hydrogens is 583 g/mol. The fourth-order valence-electron chi connectivity index (χ4n) is 7.03. The molecule has 0 spiro atoms. The zero-order valence-electron chi connectivity index (χ0n) is 26.3. The van der Waals surface area contributed by atoms with E-state index in [9.17, 15) is 0 Å². The Balaban J connectivity index is 1.39. The van der Waals surface area contributed by atoms with E-state index in [1.165, 1.54) is 16.5 Å². The number of nitrogens with zero attached hydrogens (tertiary/aromatic N) is 1. The Hall–Kier alpha value is -6.38. The van der Waals surface area contributed by atoms with Crippen LogP contribution in [-0.4, -0.2) is 0 Å². The molecule has 8 aromatic carbocycles. The number of fused-ring (bicyclic) bond motifs is 5. The molecular formula is C46H31NO. The second-order valence-corrected chi connectivity index (χ2v) is 12.1. The van der Waals surface area contributed by atoms with Crippen molar-refractivity contribution in [1.29, 1.82) is 0 Å². The van der Waals surface area contributed by atoms with Gasteiger partial charge in [-0.3, -0.25) is 0 Å². The molecule has 0 aliphatic heterocycles. The number of hydrogen-bond acceptors (Lipinski definition) is 2. The third-order valence-electron chi connectivity index (χ3n) is 9.27. The lowest BCUT2D eigenvalue weighted by atomic mass is 9.95. The molecule has 9 aromatic rings. The van der Waals surface area contributed by atoms with Gasteiger partial charge in [0.1, 0.15) is 11.2 Å². The van der Waals surface area contributed by atoms with Gasteiger partial charge in [0, 0.05) is 21.9 Å². The van der Waals surface area contributed by atoms with E-state index in [1.807, 2.05) is 0 Å². The molecule has 0 radical (unpaired) electrons. The van der Waals surface area contributed by atoms with Crippen molar-refractivity contribution in [2.75, 3.05) is 4.90 Å². The Morgan fingerprint density at radius 2 is 0.958 bits per heavy atom. The monoisotopic (exact) mass is 613 g/mol. The molecule has 2 nitrogen and oxygen atoms in total. The zero-order chi connectivity index (χ0) is 31.9. The first-order valence-electron chi connectivity index (χ1n) is 16.4. The van der Waals surface area contributed by atoms with E-state index in [-0.39, 0.29) is 0 Å². The van der Waals surface area contributed by atoms with Crippen molar-refractivity contribution in [1.82, 2.24) is 0 Å². The summed E-state index contributed by atoms with van der Waals surface area (Å²) in [6.07, 6.45) is 0. The first kappa shape index (κ1) is 27.9. The summed E-state index contributed by atoms with van der Waals surface area (Å²) in [4.78, 5) is 2.44. The molecule has 0 aliphatic rings. The maximum Gasteiger partial charge on any atom is 0.143 e. The maximum atomic E-state index is 6.71. The summed E-state index contributed by atoms with van der Waals surface area (Å²) in [7, 11) is 0. The molecule has 0 fully saturated rings. The standard InChI is InChI=1S/C46H31NO/c1-4-15-32(16-5-1)36-28-30-42(40(31-36)34-19-8-3-9-20-34)47(41-24-13-12-22-37(41)33-17-6-2-7-18-33)43-25-14-26-44-45(43)39-29-27-35-21-10-11-23-38(35)46(39)48-44/h1-31H. The van der Waals surface area contributed by atoms with Crippen LogP contribution in [0.4, 0.5) is 17.1 Å². The second kappa shape index (κ2) is 11.8. The average molecular weight is 614 g/mol. The first-order chi connectivity index (χ1) is 23.8. The van der Waals surface area contributed by atoms with Gasteiger partial charge < -0.3 is 9.32 Å². The molecule has 0 saturated heterocycles. The van der Waals surface area contributed by atoms with Crippen LogP contribution in [-0.2, 0) is 0 Å². The number of furan rings is 1. The Kier molecular flexibility index (Phi) is 6.84. The number of para-hydroxylation sites is 1. The van der Waals surface area contributed by atoms with Gasteiger partial charge in [-0.15, -0.1) is 0 Å². The summed E-state index contributed by atoms with van der Waals surface area (Å²) in [5, 5.41) is 4.47. The molecule has 0 aliphatic carbocycles. The molecule has 0 bridgehead atoms. The Labute approximate surface area is 279 Å². The summed E-state index contributed by atoms with van der Waals surface area (Å²) in [5.74, 6) is 0. The quantitative estimate of drug-likeness (QED) is 0.185. The molecule has 9 rings (SSSR count). The lowest BCUT2D eigenvalue weighted by Crippen LogP contribution is -2.13. The van der Waals surface area contributed by atoms with E-state index in [0.29, 0.717) is 0 Å². The van der Waals surface area contributed by atoms with Crippen molar-refractivity contribution >= 4 is 49.8 Å². The normalized spacial score (nSPS) is 11.3. The lowest BCUT2D eigenvalue weighted by molar-refractivity contribution is 0.672. The molecule has 0 unspecified atom stereocenters. The van der Waals surface area contributed by atoms with E-state index in [1.54, 1.807) is 0 Å². The molecule has 1 aromatic heterocycles. The highest BCUT2D eigenvalue weighted by molar-refractivity contribution is 6.20. The topological polar surface area (TPSA) is 16.4 Å². The second-order valence-electron chi connectivity index (χ2n) is 12.1. The molecule has 226 valence electrons. The van der Waals surface area contributed by atoms with Crippen LogP contribution in [0.15, 0.2) is 192 Å². The van der Waals surface area contributed by atoms with E-state index in [0.717, 1.165) is 66.6 Å². The average Bonchev–Trinajstić information content (AvgIpc) is 3.56. The largest absolute Gasteiger partial charge is 0.455 e. The summed E-state index contributed by atoms with van der Waals surface area (Å²) < 4.78 is 6.71. The molecule has 1 heterocycles. The van der Waals surface area contributed by atoms with Gasteiger partial charge in [-0.2, -0.15) is 0 Å². The highest BCUT2D eigenvalue weighted by Crippen LogP contribution is 2.49. The summed E-state index contributed by atoms with van der Waals surface area (Å²) >= 11 is 0. The van der Waals surface area contributed by atoms with Crippen LogP contribution in [0, 0.1) is 0 Å². The smallest absolute Gasteiger partial charge is 0.143 e. The fraction of sp³-hybridized carbons (Fsp3) is 0. The summed E-state index contributed by atoms with van der Waals surface area (Å²) in [6.45, 7) is 0. The third-order valence-corrected chi connectivity index (χ3v) is 9.27. The Morgan fingerprint density at radius 1 is 0.354 bits per heavy atom. The Bertz CT molecular complexity index is 2550. The van der Waals surface area contributed by atoms with Gasteiger partial charge in [0.05, 0.1) is 22.4 Å².